The van der Waals surface area contributed by atoms with Gasteiger partial charge >= 0.3 is 0 Å². The van der Waals surface area contributed by atoms with Gasteiger partial charge in [-0.15, -0.1) is 0 Å². The van der Waals surface area contributed by atoms with E-state index < -0.39 is 0 Å². The maximum Gasteiger partial charge on any atom is 0.266 e. The van der Waals surface area contributed by atoms with E-state index in [-0.39, 0.29) is 5.91 Å². The molecule has 2 aromatic rings. The van der Waals surface area contributed by atoms with E-state index in [1.807, 2.05) is 45.0 Å². The first-order valence-corrected chi connectivity index (χ1v) is 10.9. The third-order valence-corrected chi connectivity index (χ3v) is 5.93. The van der Waals surface area contributed by atoms with Crippen molar-refractivity contribution < 1.29 is 9.53 Å². The third kappa shape index (κ3) is 5.16. The summed E-state index contributed by atoms with van der Waals surface area (Å²) >= 11 is 14.2. The molecule has 2 aromatic carbocycles. The van der Waals surface area contributed by atoms with E-state index in [1.54, 1.807) is 23.1 Å². The average molecular weight is 449 g/mol. The molecule has 0 aliphatic carbocycles. The number of aliphatic imine (C=N–C) groups is 1. The zero-order chi connectivity index (χ0) is 21.0. The van der Waals surface area contributed by atoms with E-state index in [1.165, 1.54) is 17.3 Å². The molecule has 1 amide bonds. The Bertz CT molecular complexity index is 948. The molecule has 0 unspecified atom stereocenters. The minimum absolute atomic E-state index is 0.0587. The number of carbonyl (C=O) groups excluding carboxylic acids is 1. The summed E-state index contributed by atoms with van der Waals surface area (Å²) in [6.07, 6.45) is 1.79. The van der Waals surface area contributed by atoms with Gasteiger partial charge in [-0.1, -0.05) is 53.0 Å². The molecule has 3 rings (SSSR count). The van der Waals surface area contributed by atoms with Crippen molar-refractivity contribution in [2.45, 2.75) is 27.4 Å². The topological polar surface area (TPSA) is 41.9 Å². The Morgan fingerprint density at radius 3 is 2.38 bits per heavy atom. The summed E-state index contributed by atoms with van der Waals surface area (Å²) in [4.78, 5) is 19.3. The van der Waals surface area contributed by atoms with Crippen molar-refractivity contribution >= 4 is 52.1 Å². The van der Waals surface area contributed by atoms with Crippen LogP contribution in [0.4, 0.5) is 0 Å². The number of carbonyl (C=O) groups is 1. The fourth-order valence-corrected chi connectivity index (χ4v) is 4.55. The molecule has 0 saturated carbocycles. The summed E-state index contributed by atoms with van der Waals surface area (Å²) in [6.45, 7) is 7.49. The number of amides is 1. The van der Waals surface area contributed by atoms with Crippen LogP contribution < -0.4 is 4.74 Å². The molecule has 152 valence electrons. The van der Waals surface area contributed by atoms with Gasteiger partial charge in [-0.3, -0.25) is 14.7 Å². The van der Waals surface area contributed by atoms with Gasteiger partial charge in [-0.05, 0) is 61.9 Å². The number of rotatable bonds is 6. The van der Waals surface area contributed by atoms with Crippen LogP contribution in [0.15, 0.2) is 46.3 Å². The lowest BCUT2D eigenvalue weighted by Crippen LogP contribution is -2.28. The first kappa shape index (κ1) is 21.8. The predicted octanol–water partition coefficient (Wildman–Crippen LogP) is 6.19. The van der Waals surface area contributed by atoms with Gasteiger partial charge in [0, 0.05) is 13.1 Å². The summed E-state index contributed by atoms with van der Waals surface area (Å²) < 4.78 is 5.84. The number of halogens is 2. The van der Waals surface area contributed by atoms with Gasteiger partial charge in [0.25, 0.3) is 5.91 Å². The van der Waals surface area contributed by atoms with E-state index in [0.29, 0.717) is 40.4 Å². The first-order valence-electron chi connectivity index (χ1n) is 9.36. The van der Waals surface area contributed by atoms with Gasteiger partial charge in [0.2, 0.25) is 0 Å². The van der Waals surface area contributed by atoms with Crippen molar-refractivity contribution in [3.63, 3.8) is 0 Å². The molecule has 0 aromatic heterocycles. The number of thioether (sulfide) groups is 1. The molecular formula is C22H22Cl2N2O2S. The van der Waals surface area contributed by atoms with Crippen LogP contribution in [-0.4, -0.2) is 29.1 Å². The van der Waals surface area contributed by atoms with Crippen molar-refractivity contribution in [3.8, 4) is 5.75 Å². The lowest BCUT2D eigenvalue weighted by Gasteiger charge is -2.12. The number of aryl methyl sites for hydroxylation is 1. The van der Waals surface area contributed by atoms with Gasteiger partial charge in [0.15, 0.2) is 10.9 Å². The summed E-state index contributed by atoms with van der Waals surface area (Å²) in [5.74, 6) is 0.376. The SMILES string of the molecule is CCN=C1S/C(=C/c2cc(Cl)c(OCc3ccc(C)cc3)c(Cl)c2)C(=O)N1CC. The van der Waals surface area contributed by atoms with E-state index in [4.69, 9.17) is 27.9 Å². The number of likely N-dealkylation sites (N-methyl/N-ethyl adjacent to an activating group) is 1. The average Bonchev–Trinajstić information content (AvgIpc) is 2.97. The van der Waals surface area contributed by atoms with Crippen LogP contribution in [0.25, 0.3) is 6.08 Å². The van der Waals surface area contributed by atoms with Crippen LogP contribution in [0.5, 0.6) is 5.75 Å². The van der Waals surface area contributed by atoms with Crippen LogP contribution in [0.2, 0.25) is 10.0 Å². The van der Waals surface area contributed by atoms with E-state index in [2.05, 4.69) is 4.99 Å². The molecule has 0 bridgehead atoms. The second kappa shape index (κ2) is 9.70. The van der Waals surface area contributed by atoms with Crippen LogP contribution in [-0.2, 0) is 11.4 Å². The maximum absolute atomic E-state index is 12.6. The second-order valence-electron chi connectivity index (χ2n) is 6.50. The van der Waals surface area contributed by atoms with Gasteiger partial charge in [-0.25, -0.2) is 0 Å². The Hall–Kier alpha value is -1.95. The molecule has 1 aliphatic heterocycles. The first-order chi connectivity index (χ1) is 13.9. The van der Waals surface area contributed by atoms with Gasteiger partial charge in [-0.2, -0.15) is 0 Å². The van der Waals surface area contributed by atoms with Gasteiger partial charge < -0.3 is 4.74 Å². The smallest absolute Gasteiger partial charge is 0.266 e. The summed E-state index contributed by atoms with van der Waals surface area (Å²) in [6, 6.07) is 11.6. The van der Waals surface area contributed by atoms with E-state index >= 15 is 0 Å². The quantitative estimate of drug-likeness (QED) is 0.494. The summed E-state index contributed by atoms with van der Waals surface area (Å²) in [5.41, 5.74) is 2.96. The number of nitrogens with zero attached hydrogens (tertiary/aromatic N) is 2. The number of benzene rings is 2. The molecule has 1 aliphatic rings. The molecule has 1 fully saturated rings. The molecule has 0 spiro atoms. The zero-order valence-corrected chi connectivity index (χ0v) is 18.9. The highest BCUT2D eigenvalue weighted by Gasteiger charge is 2.31. The Morgan fingerprint density at radius 1 is 1.14 bits per heavy atom. The highest BCUT2D eigenvalue weighted by molar-refractivity contribution is 8.18. The van der Waals surface area contributed by atoms with E-state index in [9.17, 15) is 4.79 Å². The molecule has 0 radical (unpaired) electrons. The zero-order valence-electron chi connectivity index (χ0n) is 16.5. The standard InChI is InChI=1S/C22H22Cl2N2O2S/c1-4-25-22-26(5-2)21(27)19(29-22)12-16-10-17(23)20(18(24)11-16)28-13-15-8-6-14(3)7-9-15/h6-12H,4-5,13H2,1-3H3/b19-12+,25-22?. The van der Waals surface area contributed by atoms with Crippen LogP contribution >= 0.6 is 35.0 Å². The van der Waals surface area contributed by atoms with Crippen molar-refractivity contribution in [2.75, 3.05) is 13.1 Å². The van der Waals surface area contributed by atoms with Gasteiger partial charge in [0.1, 0.15) is 6.61 Å². The highest BCUT2D eigenvalue weighted by atomic mass is 35.5. The monoisotopic (exact) mass is 448 g/mol. The molecule has 1 saturated heterocycles. The number of hydrogen-bond acceptors (Lipinski definition) is 4. The lowest BCUT2D eigenvalue weighted by atomic mass is 10.1. The molecular weight excluding hydrogens is 427 g/mol. The van der Waals surface area contributed by atoms with Crippen molar-refractivity contribution in [1.29, 1.82) is 0 Å². The van der Waals surface area contributed by atoms with Crippen LogP contribution in [0.1, 0.15) is 30.5 Å². The van der Waals surface area contributed by atoms with Crippen LogP contribution in [0.3, 0.4) is 0 Å². The maximum atomic E-state index is 12.6. The largest absolute Gasteiger partial charge is 0.486 e. The fourth-order valence-electron chi connectivity index (χ4n) is 2.83. The lowest BCUT2D eigenvalue weighted by molar-refractivity contribution is -0.122. The number of amidine groups is 1. The molecule has 0 atom stereocenters. The fraction of sp³-hybridized carbons (Fsp3) is 0.273. The Balaban J connectivity index is 1.80. The summed E-state index contributed by atoms with van der Waals surface area (Å²) in [5, 5.41) is 1.53. The number of ether oxygens (including phenoxy) is 1. The third-order valence-electron chi connectivity index (χ3n) is 4.32. The Kier molecular flexibility index (Phi) is 7.28. The predicted molar refractivity (Wildman–Crippen MR) is 123 cm³/mol. The van der Waals surface area contributed by atoms with Crippen molar-refractivity contribution in [3.05, 3.63) is 68.0 Å². The minimum Gasteiger partial charge on any atom is -0.486 e. The second-order valence-corrected chi connectivity index (χ2v) is 8.33. The highest BCUT2D eigenvalue weighted by Crippen LogP contribution is 2.37. The number of hydrogen-bond donors (Lipinski definition) is 0. The normalized spacial score (nSPS) is 16.9. The van der Waals surface area contributed by atoms with Crippen molar-refractivity contribution in [2.24, 2.45) is 4.99 Å². The summed E-state index contributed by atoms with van der Waals surface area (Å²) in [7, 11) is 0. The minimum atomic E-state index is -0.0587. The molecule has 29 heavy (non-hydrogen) atoms. The van der Waals surface area contributed by atoms with Crippen LogP contribution in [0, 0.1) is 6.92 Å². The Labute approximate surface area is 185 Å². The van der Waals surface area contributed by atoms with Gasteiger partial charge in [0.05, 0.1) is 15.0 Å². The van der Waals surface area contributed by atoms with Crippen molar-refractivity contribution in [1.82, 2.24) is 4.90 Å². The molecule has 7 heteroatoms. The Morgan fingerprint density at radius 2 is 1.79 bits per heavy atom. The molecule has 0 N–H and O–H groups in total. The van der Waals surface area contributed by atoms with E-state index in [0.717, 1.165) is 16.3 Å². The molecule has 1 heterocycles. The molecule has 4 nitrogen and oxygen atoms in total.